The minimum atomic E-state index is -2.63. The summed E-state index contributed by atoms with van der Waals surface area (Å²) in [7, 11) is 0. The lowest BCUT2D eigenvalue weighted by atomic mass is 10.0. The van der Waals surface area contributed by atoms with Crippen molar-refractivity contribution in [2.75, 3.05) is 12.9 Å². The van der Waals surface area contributed by atoms with Crippen LogP contribution < -0.4 is 5.32 Å². The number of thioether (sulfide) groups is 1. The Morgan fingerprint density at radius 3 is 2.90 bits per heavy atom. The number of hydrogen-bond acceptors (Lipinski definition) is 4. The van der Waals surface area contributed by atoms with Crippen molar-refractivity contribution in [1.82, 2.24) is 5.32 Å². The molecule has 0 aliphatic carbocycles. The molecule has 7 heteroatoms. The average Bonchev–Trinajstić information content (AvgIpc) is 2.95. The molecule has 1 rings (SSSR count). The van der Waals surface area contributed by atoms with E-state index < -0.39 is 12.5 Å². The van der Waals surface area contributed by atoms with Gasteiger partial charge in [0.1, 0.15) is 0 Å². The summed E-state index contributed by atoms with van der Waals surface area (Å²) in [6.45, 7) is 3.81. The van der Waals surface area contributed by atoms with Crippen LogP contribution in [0.2, 0.25) is 0 Å². The Balaban J connectivity index is 2.84. The summed E-state index contributed by atoms with van der Waals surface area (Å²) in [4.78, 5) is 3.93. The lowest BCUT2D eigenvalue weighted by molar-refractivity contribution is 0.174. The molecule has 1 heterocycles. The van der Waals surface area contributed by atoms with Crippen molar-refractivity contribution in [2.45, 2.75) is 12.5 Å². The number of halogens is 2. The number of hydrogen-bond donors (Lipinski definition) is 2. The maximum atomic E-state index is 12.9. The van der Waals surface area contributed by atoms with E-state index in [4.69, 9.17) is 10.1 Å². The molecule has 0 aromatic heterocycles. The first-order valence-electron chi connectivity index (χ1n) is 5.90. The first-order chi connectivity index (χ1) is 9.58. The van der Waals surface area contributed by atoms with Gasteiger partial charge in [-0.1, -0.05) is 24.4 Å². The van der Waals surface area contributed by atoms with Gasteiger partial charge in [-0.15, -0.1) is 0 Å². The van der Waals surface area contributed by atoms with Gasteiger partial charge in [0.2, 0.25) is 0 Å². The number of rotatable bonds is 6. The summed E-state index contributed by atoms with van der Waals surface area (Å²) < 4.78 is 30.9. The van der Waals surface area contributed by atoms with Crippen LogP contribution in [0.3, 0.4) is 0 Å². The second-order valence-corrected chi connectivity index (χ2v) is 4.74. The van der Waals surface area contributed by atoms with E-state index in [9.17, 15) is 8.78 Å². The Morgan fingerprint density at radius 1 is 1.65 bits per heavy atom. The quantitative estimate of drug-likeness (QED) is 0.450. The number of nitrogens with zero attached hydrogens (tertiary/aromatic N) is 1. The number of alkyl halides is 2. The van der Waals surface area contributed by atoms with Gasteiger partial charge in [0.25, 0.3) is 6.43 Å². The van der Waals surface area contributed by atoms with E-state index in [2.05, 4.69) is 16.9 Å². The van der Waals surface area contributed by atoms with E-state index in [1.807, 2.05) is 0 Å². The lowest BCUT2D eigenvalue weighted by Crippen LogP contribution is -2.39. The largest absolute Gasteiger partial charge is 0.501 e. The Labute approximate surface area is 121 Å². The SMILES string of the molecule is C=C/C=C(\NC(C=NC(=N)SC)[C@@H]1C=COC1)C(F)F. The number of nitrogens with one attached hydrogen (secondary N) is 2. The molecular formula is C13H17F2N3OS. The second-order valence-electron chi connectivity index (χ2n) is 3.94. The monoisotopic (exact) mass is 301 g/mol. The predicted molar refractivity (Wildman–Crippen MR) is 79.5 cm³/mol. The zero-order valence-electron chi connectivity index (χ0n) is 11.1. The molecule has 0 fully saturated rings. The molecule has 0 saturated heterocycles. The van der Waals surface area contributed by atoms with Gasteiger partial charge in [-0.05, 0) is 18.4 Å². The second kappa shape index (κ2) is 8.52. The standard InChI is InChI=1S/C13H17F2N3OS/c1-3-4-10(12(14)15)18-11(7-17-13(16)20-2)9-5-6-19-8-9/h3-7,9,11-12,16,18H,1,8H2,2H3/b10-4-,16-13?,17-7?/t9-,11?/m1/s1. The van der Waals surface area contributed by atoms with Crippen molar-refractivity contribution in [3.63, 3.8) is 0 Å². The van der Waals surface area contributed by atoms with Gasteiger partial charge in [0.05, 0.1) is 24.6 Å². The van der Waals surface area contributed by atoms with Crippen molar-refractivity contribution in [3.8, 4) is 0 Å². The van der Waals surface area contributed by atoms with Gasteiger partial charge >= 0.3 is 0 Å². The van der Waals surface area contributed by atoms with Crippen LogP contribution in [0.1, 0.15) is 0 Å². The molecular weight excluding hydrogens is 284 g/mol. The van der Waals surface area contributed by atoms with E-state index in [1.165, 1.54) is 36.4 Å². The van der Waals surface area contributed by atoms with Crippen molar-refractivity contribution < 1.29 is 13.5 Å². The van der Waals surface area contributed by atoms with Crippen LogP contribution in [0.15, 0.2) is 41.8 Å². The first-order valence-corrected chi connectivity index (χ1v) is 7.13. The molecule has 0 spiro atoms. The van der Waals surface area contributed by atoms with Gasteiger partial charge in [0.15, 0.2) is 5.17 Å². The van der Waals surface area contributed by atoms with E-state index in [1.54, 1.807) is 12.3 Å². The molecule has 2 atom stereocenters. The fourth-order valence-electron chi connectivity index (χ4n) is 1.56. The molecule has 0 saturated carbocycles. The maximum Gasteiger partial charge on any atom is 0.277 e. The van der Waals surface area contributed by atoms with Gasteiger partial charge in [-0.3, -0.25) is 5.41 Å². The fraction of sp³-hybridized carbons (Fsp3) is 0.385. The topological polar surface area (TPSA) is 57.5 Å². The highest BCUT2D eigenvalue weighted by Gasteiger charge is 2.24. The summed E-state index contributed by atoms with van der Waals surface area (Å²) in [6.07, 6.45) is 6.40. The molecule has 1 unspecified atom stereocenters. The van der Waals surface area contributed by atoms with Crippen molar-refractivity contribution >= 4 is 23.1 Å². The lowest BCUT2D eigenvalue weighted by Gasteiger charge is -2.21. The number of ether oxygens (including phenoxy) is 1. The van der Waals surface area contributed by atoms with Gasteiger partial charge in [-0.25, -0.2) is 13.8 Å². The average molecular weight is 301 g/mol. The molecule has 1 aliphatic rings. The highest BCUT2D eigenvalue weighted by Crippen LogP contribution is 2.16. The first kappa shape index (κ1) is 16.4. The third-order valence-electron chi connectivity index (χ3n) is 2.58. The normalized spacial score (nSPS) is 20.2. The zero-order chi connectivity index (χ0) is 15.0. The van der Waals surface area contributed by atoms with Crippen LogP contribution in [0, 0.1) is 11.3 Å². The summed E-state index contributed by atoms with van der Waals surface area (Å²) in [6, 6.07) is -0.471. The van der Waals surface area contributed by atoms with E-state index in [0.717, 1.165) is 0 Å². The third kappa shape index (κ3) is 5.16. The fourth-order valence-corrected chi connectivity index (χ4v) is 1.73. The zero-order valence-corrected chi connectivity index (χ0v) is 11.9. The Morgan fingerprint density at radius 2 is 2.40 bits per heavy atom. The number of amidine groups is 1. The summed E-state index contributed by atoms with van der Waals surface area (Å²) in [5, 5.41) is 10.3. The summed E-state index contributed by atoms with van der Waals surface area (Å²) in [5.74, 6) is -0.111. The van der Waals surface area contributed by atoms with Gasteiger partial charge in [0, 0.05) is 12.1 Å². The van der Waals surface area contributed by atoms with Gasteiger partial charge < -0.3 is 10.1 Å². The smallest absolute Gasteiger partial charge is 0.277 e. The molecule has 1 aliphatic heterocycles. The molecule has 0 bridgehead atoms. The van der Waals surface area contributed by atoms with Crippen LogP contribution >= 0.6 is 11.8 Å². The minimum absolute atomic E-state index is 0.111. The molecule has 20 heavy (non-hydrogen) atoms. The number of allylic oxidation sites excluding steroid dienone is 3. The molecule has 0 amide bonds. The van der Waals surface area contributed by atoms with E-state index in [-0.39, 0.29) is 16.8 Å². The Hall–Kier alpha value is -1.63. The molecule has 2 N–H and O–H groups in total. The minimum Gasteiger partial charge on any atom is -0.501 e. The summed E-state index contributed by atoms with van der Waals surface area (Å²) in [5.41, 5.74) is -0.229. The van der Waals surface area contributed by atoms with Crippen LogP contribution in [-0.2, 0) is 4.74 Å². The van der Waals surface area contributed by atoms with Crippen molar-refractivity contribution in [3.05, 3.63) is 36.8 Å². The highest BCUT2D eigenvalue weighted by atomic mass is 32.2. The Kier molecular flexibility index (Phi) is 7.00. The Bertz CT molecular complexity index is 435. The van der Waals surface area contributed by atoms with Crippen molar-refractivity contribution in [1.29, 1.82) is 5.41 Å². The molecule has 110 valence electrons. The molecule has 0 radical (unpaired) electrons. The van der Waals surface area contributed by atoms with E-state index >= 15 is 0 Å². The molecule has 0 aromatic rings. The van der Waals surface area contributed by atoms with Crippen LogP contribution in [-0.4, -0.2) is 36.7 Å². The predicted octanol–water partition coefficient (Wildman–Crippen LogP) is 2.81. The molecule has 0 aromatic carbocycles. The van der Waals surface area contributed by atoms with Crippen LogP contribution in [0.25, 0.3) is 0 Å². The third-order valence-corrected chi connectivity index (χ3v) is 3.08. The van der Waals surface area contributed by atoms with Crippen LogP contribution in [0.4, 0.5) is 8.78 Å². The van der Waals surface area contributed by atoms with Crippen LogP contribution in [0.5, 0.6) is 0 Å². The van der Waals surface area contributed by atoms with Gasteiger partial charge in [-0.2, -0.15) is 0 Å². The van der Waals surface area contributed by atoms with E-state index in [0.29, 0.717) is 6.61 Å². The number of aliphatic imine (C=N–C) groups is 1. The molecule has 4 nitrogen and oxygen atoms in total. The maximum absolute atomic E-state index is 12.9. The highest BCUT2D eigenvalue weighted by molar-refractivity contribution is 8.13. The summed E-state index contributed by atoms with van der Waals surface area (Å²) >= 11 is 1.17. The van der Waals surface area contributed by atoms with Crippen molar-refractivity contribution in [2.24, 2.45) is 10.9 Å².